The monoisotopic (exact) mass is 331 g/mol. The van der Waals surface area contributed by atoms with E-state index < -0.39 is 0 Å². The SMILES string of the molecule is O=C1/C(=C/c2ccnc3ccccc23)NC(=S)N1c1ccccc1. The van der Waals surface area contributed by atoms with E-state index in [0.717, 1.165) is 22.2 Å². The second-order valence-corrected chi connectivity index (χ2v) is 5.77. The molecular formula is C19H13N3OS. The number of amides is 1. The predicted molar refractivity (Wildman–Crippen MR) is 99.4 cm³/mol. The third-order valence-electron chi connectivity index (χ3n) is 3.88. The molecule has 2 aromatic carbocycles. The minimum atomic E-state index is -0.160. The topological polar surface area (TPSA) is 45.2 Å². The molecule has 24 heavy (non-hydrogen) atoms. The molecule has 0 aliphatic carbocycles. The molecule has 0 radical (unpaired) electrons. The average molecular weight is 331 g/mol. The standard InChI is InChI=1S/C19H13N3OS/c23-18-17(21-19(24)22(18)14-6-2-1-3-7-14)12-13-10-11-20-16-9-5-4-8-15(13)16/h1-12H,(H,21,24)/b17-12-. The zero-order valence-corrected chi connectivity index (χ0v) is 13.5. The Balaban J connectivity index is 1.76. The molecule has 0 bridgehead atoms. The lowest BCUT2D eigenvalue weighted by Crippen LogP contribution is -2.30. The molecule has 1 N–H and O–H groups in total. The van der Waals surface area contributed by atoms with E-state index in [0.29, 0.717) is 10.8 Å². The van der Waals surface area contributed by atoms with Crippen LogP contribution in [0.25, 0.3) is 17.0 Å². The van der Waals surface area contributed by atoms with Crippen molar-refractivity contribution in [2.24, 2.45) is 0 Å². The van der Waals surface area contributed by atoms with Gasteiger partial charge in [0.2, 0.25) is 0 Å². The average Bonchev–Trinajstić information content (AvgIpc) is 2.90. The Kier molecular flexibility index (Phi) is 3.55. The van der Waals surface area contributed by atoms with Crippen molar-refractivity contribution in [3.63, 3.8) is 0 Å². The first-order chi connectivity index (χ1) is 11.7. The van der Waals surface area contributed by atoms with Crippen molar-refractivity contribution in [3.05, 3.63) is 78.1 Å². The van der Waals surface area contributed by atoms with Gasteiger partial charge >= 0.3 is 0 Å². The van der Waals surface area contributed by atoms with Crippen molar-refractivity contribution in [3.8, 4) is 0 Å². The molecule has 1 amide bonds. The van der Waals surface area contributed by atoms with Gasteiger partial charge in [0.05, 0.1) is 11.2 Å². The molecule has 1 aliphatic rings. The number of hydrogen-bond donors (Lipinski definition) is 1. The van der Waals surface area contributed by atoms with E-state index in [1.165, 1.54) is 4.90 Å². The number of rotatable bonds is 2. The number of nitrogens with zero attached hydrogens (tertiary/aromatic N) is 2. The maximum absolute atomic E-state index is 12.7. The molecule has 0 saturated carbocycles. The minimum absolute atomic E-state index is 0.160. The van der Waals surface area contributed by atoms with Gasteiger partial charge in [-0.3, -0.25) is 14.7 Å². The number of hydrogen-bond acceptors (Lipinski definition) is 3. The summed E-state index contributed by atoms with van der Waals surface area (Å²) in [4.78, 5) is 18.6. The lowest BCUT2D eigenvalue weighted by molar-refractivity contribution is -0.113. The fourth-order valence-corrected chi connectivity index (χ4v) is 3.04. The molecule has 1 aliphatic heterocycles. The van der Waals surface area contributed by atoms with Gasteiger partial charge in [0.25, 0.3) is 5.91 Å². The summed E-state index contributed by atoms with van der Waals surface area (Å²) >= 11 is 5.33. The number of aromatic nitrogens is 1. The largest absolute Gasteiger partial charge is 0.327 e. The van der Waals surface area contributed by atoms with Crippen LogP contribution in [0.3, 0.4) is 0 Å². The fraction of sp³-hybridized carbons (Fsp3) is 0. The Bertz CT molecular complexity index is 977. The quantitative estimate of drug-likeness (QED) is 0.577. The molecule has 0 atom stereocenters. The molecule has 0 spiro atoms. The van der Waals surface area contributed by atoms with Crippen LogP contribution < -0.4 is 10.2 Å². The smallest absolute Gasteiger partial charge is 0.281 e. The maximum atomic E-state index is 12.7. The highest BCUT2D eigenvalue weighted by Crippen LogP contribution is 2.24. The van der Waals surface area contributed by atoms with Crippen LogP contribution in [-0.4, -0.2) is 16.0 Å². The van der Waals surface area contributed by atoms with Crippen molar-refractivity contribution in [2.45, 2.75) is 0 Å². The molecule has 4 nitrogen and oxygen atoms in total. The van der Waals surface area contributed by atoms with Crippen LogP contribution in [0.5, 0.6) is 0 Å². The molecule has 0 unspecified atom stereocenters. The number of thiocarbonyl (C=S) groups is 1. The third kappa shape index (κ3) is 2.45. The van der Waals surface area contributed by atoms with Crippen molar-refractivity contribution in [2.75, 3.05) is 4.90 Å². The van der Waals surface area contributed by atoms with Gasteiger partial charge in [0.1, 0.15) is 5.70 Å². The summed E-state index contributed by atoms with van der Waals surface area (Å²) in [6, 6.07) is 19.1. The highest BCUT2D eigenvalue weighted by Gasteiger charge is 2.31. The van der Waals surface area contributed by atoms with Crippen LogP contribution in [0.1, 0.15) is 5.56 Å². The summed E-state index contributed by atoms with van der Waals surface area (Å²) in [7, 11) is 0. The Morgan fingerprint density at radius 2 is 1.75 bits per heavy atom. The van der Waals surface area contributed by atoms with Crippen molar-refractivity contribution in [1.82, 2.24) is 10.3 Å². The number of anilines is 1. The first-order valence-electron chi connectivity index (χ1n) is 7.50. The second-order valence-electron chi connectivity index (χ2n) is 5.38. The Morgan fingerprint density at radius 1 is 1.00 bits per heavy atom. The van der Waals surface area contributed by atoms with Crippen LogP contribution in [-0.2, 0) is 4.79 Å². The van der Waals surface area contributed by atoms with Gasteiger partial charge in [-0.15, -0.1) is 0 Å². The van der Waals surface area contributed by atoms with Gasteiger partial charge in [0.15, 0.2) is 5.11 Å². The molecule has 4 rings (SSSR count). The highest BCUT2D eigenvalue weighted by molar-refractivity contribution is 7.80. The summed E-state index contributed by atoms with van der Waals surface area (Å²) in [5.41, 5.74) is 3.03. The van der Waals surface area contributed by atoms with Crippen LogP contribution in [0.4, 0.5) is 5.69 Å². The maximum Gasteiger partial charge on any atom is 0.281 e. The predicted octanol–water partition coefficient (Wildman–Crippen LogP) is 3.50. The van der Waals surface area contributed by atoms with Gasteiger partial charge in [0, 0.05) is 11.6 Å². The van der Waals surface area contributed by atoms with E-state index in [4.69, 9.17) is 12.2 Å². The highest BCUT2D eigenvalue weighted by atomic mass is 32.1. The van der Waals surface area contributed by atoms with E-state index in [1.807, 2.05) is 66.7 Å². The number of carbonyl (C=O) groups is 1. The Hall–Kier alpha value is -3.05. The number of carbonyl (C=O) groups excluding carboxylic acids is 1. The number of para-hydroxylation sites is 2. The summed E-state index contributed by atoms with van der Waals surface area (Å²) in [6.45, 7) is 0. The van der Waals surface area contributed by atoms with E-state index >= 15 is 0 Å². The van der Waals surface area contributed by atoms with Crippen molar-refractivity contribution < 1.29 is 4.79 Å². The molecule has 3 aromatic rings. The number of pyridine rings is 1. The number of fused-ring (bicyclic) bond motifs is 1. The number of benzene rings is 2. The zero-order chi connectivity index (χ0) is 16.5. The molecule has 2 heterocycles. The summed E-state index contributed by atoms with van der Waals surface area (Å²) in [5.74, 6) is -0.160. The normalized spacial score (nSPS) is 16.0. The first-order valence-corrected chi connectivity index (χ1v) is 7.91. The van der Waals surface area contributed by atoms with Gasteiger partial charge in [-0.05, 0) is 48.1 Å². The van der Waals surface area contributed by atoms with Gasteiger partial charge in [-0.1, -0.05) is 36.4 Å². The van der Waals surface area contributed by atoms with Crippen LogP contribution in [0, 0.1) is 0 Å². The first kappa shape index (κ1) is 14.5. The summed E-state index contributed by atoms with van der Waals surface area (Å²) in [5, 5.41) is 4.39. The fourth-order valence-electron chi connectivity index (χ4n) is 2.75. The Labute approximate surface area is 144 Å². The summed E-state index contributed by atoms with van der Waals surface area (Å²) < 4.78 is 0. The van der Waals surface area contributed by atoms with Crippen LogP contribution in [0.15, 0.2) is 72.6 Å². The molecular weight excluding hydrogens is 318 g/mol. The summed E-state index contributed by atoms with van der Waals surface area (Å²) in [6.07, 6.45) is 3.56. The van der Waals surface area contributed by atoms with E-state index in [9.17, 15) is 4.79 Å². The van der Waals surface area contributed by atoms with Crippen LogP contribution in [0.2, 0.25) is 0 Å². The molecule has 1 saturated heterocycles. The second kappa shape index (κ2) is 5.86. The van der Waals surface area contributed by atoms with Crippen LogP contribution >= 0.6 is 12.2 Å². The lowest BCUT2D eigenvalue weighted by atomic mass is 10.1. The van der Waals surface area contributed by atoms with Gasteiger partial charge in [-0.25, -0.2) is 0 Å². The number of nitrogens with one attached hydrogen (secondary N) is 1. The Morgan fingerprint density at radius 3 is 2.58 bits per heavy atom. The van der Waals surface area contributed by atoms with Crippen molar-refractivity contribution in [1.29, 1.82) is 0 Å². The van der Waals surface area contributed by atoms with E-state index in [1.54, 1.807) is 6.20 Å². The van der Waals surface area contributed by atoms with Gasteiger partial charge < -0.3 is 5.32 Å². The molecule has 5 heteroatoms. The molecule has 1 aromatic heterocycles. The van der Waals surface area contributed by atoms with Crippen molar-refractivity contribution >= 4 is 45.9 Å². The third-order valence-corrected chi connectivity index (χ3v) is 4.16. The van der Waals surface area contributed by atoms with Gasteiger partial charge in [-0.2, -0.15) is 0 Å². The van der Waals surface area contributed by atoms with E-state index in [2.05, 4.69) is 10.3 Å². The van der Waals surface area contributed by atoms with E-state index in [-0.39, 0.29) is 5.91 Å². The minimum Gasteiger partial charge on any atom is -0.327 e. The zero-order valence-electron chi connectivity index (χ0n) is 12.6. The lowest BCUT2D eigenvalue weighted by Gasteiger charge is -2.13. The molecule has 1 fully saturated rings. The molecule has 116 valence electrons.